The highest BCUT2D eigenvalue weighted by atomic mass is 15.3. The van der Waals surface area contributed by atoms with Crippen molar-refractivity contribution in [2.75, 3.05) is 13.1 Å². The van der Waals surface area contributed by atoms with Gasteiger partial charge in [-0.25, -0.2) is 0 Å². The molecule has 1 saturated carbocycles. The van der Waals surface area contributed by atoms with Crippen molar-refractivity contribution in [3.05, 3.63) is 18.0 Å². The molecule has 1 aromatic heterocycles. The predicted octanol–water partition coefficient (Wildman–Crippen LogP) is 1.92. The van der Waals surface area contributed by atoms with Crippen molar-refractivity contribution in [3.63, 3.8) is 0 Å². The second kappa shape index (κ2) is 4.67. The molecule has 0 amide bonds. The molecule has 3 rings (SSSR count). The molecule has 0 unspecified atom stereocenters. The molecule has 0 spiro atoms. The molecule has 1 saturated heterocycles. The van der Waals surface area contributed by atoms with E-state index in [1.165, 1.54) is 37.8 Å². The first-order chi connectivity index (χ1) is 8.62. The summed E-state index contributed by atoms with van der Waals surface area (Å²) in [6.45, 7) is 5.04. The summed E-state index contributed by atoms with van der Waals surface area (Å²) in [6, 6.07) is 2.81. The van der Waals surface area contributed by atoms with E-state index in [1.807, 2.05) is 0 Å². The Hall–Kier alpha value is -0.870. The number of likely N-dealkylation sites (tertiary alicyclic amines) is 1. The number of rotatable bonds is 3. The Balaban J connectivity index is 1.56. The number of nitrogens with zero attached hydrogens (tertiary/aromatic N) is 3. The van der Waals surface area contributed by atoms with Gasteiger partial charge in [-0.2, -0.15) is 5.10 Å². The van der Waals surface area contributed by atoms with E-state index in [0.717, 1.165) is 19.6 Å². The minimum absolute atomic E-state index is 0.0198. The minimum Gasteiger partial charge on any atom is -0.323 e. The fourth-order valence-electron chi connectivity index (χ4n) is 3.33. The standard InChI is InChI=1S/C14H24N4/c1-14(15)10-17(11-14)9-12-7-8-18(16-12)13-5-3-2-4-6-13/h7-8,13H,2-6,9-11,15H2,1H3. The van der Waals surface area contributed by atoms with Crippen LogP contribution in [0.5, 0.6) is 0 Å². The van der Waals surface area contributed by atoms with Crippen LogP contribution in [0.3, 0.4) is 0 Å². The Morgan fingerprint density at radius 1 is 1.33 bits per heavy atom. The maximum absolute atomic E-state index is 6.02. The molecule has 1 aromatic rings. The third-order valence-electron chi connectivity index (χ3n) is 4.17. The van der Waals surface area contributed by atoms with Crippen LogP contribution in [-0.4, -0.2) is 33.3 Å². The van der Waals surface area contributed by atoms with E-state index in [9.17, 15) is 0 Å². The van der Waals surface area contributed by atoms with Gasteiger partial charge in [0, 0.05) is 31.4 Å². The van der Waals surface area contributed by atoms with Gasteiger partial charge in [0.2, 0.25) is 0 Å². The van der Waals surface area contributed by atoms with Crippen molar-refractivity contribution in [2.45, 2.75) is 57.2 Å². The van der Waals surface area contributed by atoms with Crippen molar-refractivity contribution in [3.8, 4) is 0 Å². The summed E-state index contributed by atoms with van der Waals surface area (Å²) in [4.78, 5) is 2.37. The average molecular weight is 248 g/mol. The molecular weight excluding hydrogens is 224 g/mol. The van der Waals surface area contributed by atoms with E-state index in [1.54, 1.807) is 0 Å². The lowest BCUT2D eigenvalue weighted by atomic mass is 9.94. The van der Waals surface area contributed by atoms with Crippen LogP contribution in [0.25, 0.3) is 0 Å². The third kappa shape index (κ3) is 2.59. The maximum Gasteiger partial charge on any atom is 0.0764 e. The zero-order valence-electron chi connectivity index (χ0n) is 11.3. The van der Waals surface area contributed by atoms with Crippen molar-refractivity contribution in [1.29, 1.82) is 0 Å². The topological polar surface area (TPSA) is 47.1 Å². The molecule has 100 valence electrons. The van der Waals surface area contributed by atoms with E-state index in [2.05, 4.69) is 28.8 Å². The fraction of sp³-hybridized carbons (Fsp3) is 0.786. The molecule has 2 fully saturated rings. The van der Waals surface area contributed by atoms with E-state index in [4.69, 9.17) is 10.8 Å². The molecule has 1 aliphatic carbocycles. The summed E-state index contributed by atoms with van der Waals surface area (Å²) in [5, 5.41) is 4.74. The Labute approximate surface area is 109 Å². The lowest BCUT2D eigenvalue weighted by molar-refractivity contribution is 0.0748. The van der Waals surface area contributed by atoms with Crippen LogP contribution in [0.1, 0.15) is 50.8 Å². The lowest BCUT2D eigenvalue weighted by Gasteiger charge is -2.45. The third-order valence-corrected chi connectivity index (χ3v) is 4.17. The van der Waals surface area contributed by atoms with Gasteiger partial charge >= 0.3 is 0 Å². The number of nitrogens with two attached hydrogens (primary N) is 1. The van der Waals surface area contributed by atoms with Gasteiger partial charge in [-0.3, -0.25) is 9.58 Å². The Morgan fingerprint density at radius 3 is 2.72 bits per heavy atom. The van der Waals surface area contributed by atoms with Gasteiger partial charge in [-0.15, -0.1) is 0 Å². The van der Waals surface area contributed by atoms with Gasteiger partial charge in [0.1, 0.15) is 0 Å². The Morgan fingerprint density at radius 2 is 2.06 bits per heavy atom. The van der Waals surface area contributed by atoms with E-state index >= 15 is 0 Å². The summed E-state index contributed by atoms with van der Waals surface area (Å²) in [7, 11) is 0. The smallest absolute Gasteiger partial charge is 0.0764 e. The van der Waals surface area contributed by atoms with Crippen LogP contribution in [-0.2, 0) is 6.54 Å². The van der Waals surface area contributed by atoms with E-state index in [-0.39, 0.29) is 5.54 Å². The lowest BCUT2D eigenvalue weighted by Crippen LogP contribution is -2.64. The van der Waals surface area contributed by atoms with Gasteiger partial charge in [-0.1, -0.05) is 19.3 Å². The molecule has 4 heteroatoms. The van der Waals surface area contributed by atoms with Crippen LogP contribution in [0.4, 0.5) is 0 Å². The van der Waals surface area contributed by atoms with Gasteiger partial charge in [0.05, 0.1) is 11.7 Å². The second-order valence-electron chi connectivity index (χ2n) is 6.38. The van der Waals surface area contributed by atoms with Crippen LogP contribution in [0.2, 0.25) is 0 Å². The summed E-state index contributed by atoms with van der Waals surface area (Å²) in [5.41, 5.74) is 7.23. The van der Waals surface area contributed by atoms with Crippen molar-refractivity contribution in [2.24, 2.45) is 5.73 Å². The van der Waals surface area contributed by atoms with Crippen molar-refractivity contribution >= 4 is 0 Å². The van der Waals surface area contributed by atoms with Crippen molar-refractivity contribution in [1.82, 2.24) is 14.7 Å². The van der Waals surface area contributed by atoms with Gasteiger partial charge < -0.3 is 5.73 Å². The summed E-state index contributed by atoms with van der Waals surface area (Å²) in [6.07, 6.45) is 8.87. The number of hydrogen-bond acceptors (Lipinski definition) is 3. The Kier molecular flexibility index (Phi) is 3.16. The Bertz CT molecular complexity index is 396. The first-order valence-corrected chi connectivity index (χ1v) is 7.18. The molecule has 0 aromatic carbocycles. The predicted molar refractivity (Wildman–Crippen MR) is 72.2 cm³/mol. The molecular formula is C14H24N4. The molecule has 18 heavy (non-hydrogen) atoms. The fourth-order valence-corrected chi connectivity index (χ4v) is 3.33. The quantitative estimate of drug-likeness (QED) is 0.889. The highest BCUT2D eigenvalue weighted by molar-refractivity contribution is 5.04. The van der Waals surface area contributed by atoms with Crippen molar-refractivity contribution < 1.29 is 0 Å². The molecule has 2 aliphatic rings. The largest absolute Gasteiger partial charge is 0.323 e. The highest BCUT2D eigenvalue weighted by Crippen LogP contribution is 2.27. The number of hydrogen-bond donors (Lipinski definition) is 1. The normalized spacial score (nSPS) is 25.0. The maximum atomic E-state index is 6.02. The molecule has 2 heterocycles. The summed E-state index contributed by atoms with van der Waals surface area (Å²) >= 11 is 0. The summed E-state index contributed by atoms with van der Waals surface area (Å²) < 4.78 is 2.19. The molecule has 0 radical (unpaired) electrons. The van der Waals surface area contributed by atoms with E-state index < -0.39 is 0 Å². The molecule has 2 N–H and O–H groups in total. The van der Waals surface area contributed by atoms with E-state index in [0.29, 0.717) is 6.04 Å². The van der Waals surface area contributed by atoms with Gasteiger partial charge in [-0.05, 0) is 25.8 Å². The van der Waals surface area contributed by atoms with Crippen LogP contribution < -0.4 is 5.73 Å². The molecule has 4 nitrogen and oxygen atoms in total. The number of aromatic nitrogens is 2. The first kappa shape index (κ1) is 12.2. The second-order valence-corrected chi connectivity index (χ2v) is 6.38. The molecule has 0 bridgehead atoms. The zero-order valence-corrected chi connectivity index (χ0v) is 11.3. The molecule has 1 aliphatic heterocycles. The van der Waals surface area contributed by atoms with Crippen LogP contribution >= 0.6 is 0 Å². The average Bonchev–Trinajstić information content (AvgIpc) is 2.76. The highest BCUT2D eigenvalue weighted by Gasteiger charge is 2.34. The van der Waals surface area contributed by atoms with Gasteiger partial charge in [0.15, 0.2) is 0 Å². The SMILES string of the molecule is CC1(N)CN(Cc2ccn(C3CCCCC3)n2)C1. The van der Waals surface area contributed by atoms with Crippen LogP contribution in [0.15, 0.2) is 12.3 Å². The monoisotopic (exact) mass is 248 g/mol. The van der Waals surface area contributed by atoms with Crippen LogP contribution in [0, 0.1) is 0 Å². The van der Waals surface area contributed by atoms with Gasteiger partial charge in [0.25, 0.3) is 0 Å². The summed E-state index contributed by atoms with van der Waals surface area (Å²) in [5.74, 6) is 0. The zero-order chi connectivity index (χ0) is 12.6. The first-order valence-electron chi connectivity index (χ1n) is 7.18. The minimum atomic E-state index is 0.0198. The molecule has 0 atom stereocenters.